The van der Waals surface area contributed by atoms with Crippen LogP contribution in [0.25, 0.3) is 0 Å². The highest BCUT2D eigenvalue weighted by Gasteiger charge is 2.19. The van der Waals surface area contributed by atoms with Crippen molar-refractivity contribution in [3.63, 3.8) is 0 Å². The van der Waals surface area contributed by atoms with Crippen LogP contribution in [0.15, 0.2) is 34.8 Å². The summed E-state index contributed by atoms with van der Waals surface area (Å²) < 4.78 is 11.4. The molecule has 1 unspecified atom stereocenters. The molecule has 2 aromatic carbocycles. The highest BCUT2D eigenvalue weighted by atomic mass is 79.9. The van der Waals surface area contributed by atoms with Gasteiger partial charge < -0.3 is 15.2 Å². The normalized spacial score (nSPS) is 12.1. The van der Waals surface area contributed by atoms with Crippen molar-refractivity contribution in [2.75, 3.05) is 14.2 Å². The smallest absolute Gasteiger partial charge is 0.141 e. The molecule has 2 N–H and O–H groups in total. The van der Waals surface area contributed by atoms with Gasteiger partial charge in [0.15, 0.2) is 0 Å². The molecule has 1 atom stereocenters. The molecule has 0 saturated heterocycles. The minimum absolute atomic E-state index is 0.418. The fraction of sp³-hybridized carbons (Fsp3) is 0.200. The molecule has 0 saturated carbocycles. The Kier molecular flexibility index (Phi) is 5.38. The number of methoxy groups -OCH3 is 2. The van der Waals surface area contributed by atoms with Crippen LogP contribution in [0.3, 0.4) is 0 Å². The van der Waals surface area contributed by atoms with Gasteiger partial charge in [-0.3, -0.25) is 0 Å². The van der Waals surface area contributed by atoms with Gasteiger partial charge in [-0.15, -0.1) is 0 Å². The Hall–Kier alpha value is -0.940. The molecule has 3 nitrogen and oxygen atoms in total. The van der Waals surface area contributed by atoms with Gasteiger partial charge in [-0.25, -0.2) is 0 Å². The highest BCUT2D eigenvalue weighted by Crippen LogP contribution is 2.41. The Morgan fingerprint density at radius 1 is 1.05 bits per heavy atom. The molecule has 0 heterocycles. The minimum Gasteiger partial charge on any atom is -0.495 e. The lowest BCUT2D eigenvalue weighted by Crippen LogP contribution is -2.13. The monoisotopic (exact) mass is 389 g/mol. The van der Waals surface area contributed by atoms with Gasteiger partial charge in [0.2, 0.25) is 0 Å². The summed E-state index contributed by atoms with van der Waals surface area (Å²) in [6, 6.07) is 8.51. The van der Waals surface area contributed by atoms with Crippen LogP contribution in [-0.2, 0) is 0 Å². The van der Waals surface area contributed by atoms with E-state index in [1.165, 1.54) is 0 Å². The quantitative estimate of drug-likeness (QED) is 0.813. The number of hydrogen-bond donors (Lipinski definition) is 1. The van der Waals surface area contributed by atoms with Gasteiger partial charge in [0.1, 0.15) is 16.0 Å². The van der Waals surface area contributed by atoms with Gasteiger partial charge in [0.25, 0.3) is 0 Å². The maximum atomic E-state index is 6.33. The predicted molar refractivity (Wildman–Crippen MR) is 89.7 cm³/mol. The van der Waals surface area contributed by atoms with Gasteiger partial charge in [-0.1, -0.05) is 23.2 Å². The first-order chi connectivity index (χ1) is 9.97. The molecule has 0 aliphatic rings. The standard InChI is InChI=1S/C15H14BrCl2NO2/c1-20-12-4-3-11(15(21-2)13(12)16)14(19)8-5-9(17)7-10(18)6-8/h3-7,14H,19H2,1-2H3. The van der Waals surface area contributed by atoms with Crippen molar-refractivity contribution in [2.45, 2.75) is 6.04 Å². The van der Waals surface area contributed by atoms with Crippen LogP contribution in [0.2, 0.25) is 10.0 Å². The lowest BCUT2D eigenvalue weighted by molar-refractivity contribution is 0.385. The molecular formula is C15H14BrCl2NO2. The summed E-state index contributed by atoms with van der Waals surface area (Å²) in [5.74, 6) is 1.30. The predicted octanol–water partition coefficient (Wildman–Crippen LogP) is 4.82. The topological polar surface area (TPSA) is 44.5 Å². The molecule has 2 aromatic rings. The minimum atomic E-state index is -0.418. The summed E-state index contributed by atoms with van der Waals surface area (Å²) in [5, 5.41) is 1.08. The molecule has 0 aliphatic carbocycles. The lowest BCUT2D eigenvalue weighted by atomic mass is 9.98. The molecule has 0 aliphatic heterocycles. The Morgan fingerprint density at radius 2 is 1.67 bits per heavy atom. The first-order valence-electron chi connectivity index (χ1n) is 6.10. The van der Waals surface area contributed by atoms with Gasteiger partial charge in [0.05, 0.1) is 20.3 Å². The van der Waals surface area contributed by atoms with E-state index < -0.39 is 6.04 Å². The number of ether oxygens (including phenoxy) is 2. The molecule has 0 fully saturated rings. The van der Waals surface area contributed by atoms with Crippen LogP contribution in [-0.4, -0.2) is 14.2 Å². The average molecular weight is 391 g/mol. The zero-order chi connectivity index (χ0) is 15.6. The van der Waals surface area contributed by atoms with E-state index in [0.717, 1.165) is 11.1 Å². The number of halogens is 3. The molecule has 21 heavy (non-hydrogen) atoms. The number of benzene rings is 2. The molecule has 0 spiro atoms. The number of hydrogen-bond acceptors (Lipinski definition) is 3. The van der Waals surface area contributed by atoms with Gasteiger partial charge in [0, 0.05) is 15.6 Å². The second-order valence-corrected chi connectivity index (χ2v) is 6.05. The highest BCUT2D eigenvalue weighted by molar-refractivity contribution is 9.10. The van der Waals surface area contributed by atoms with E-state index in [-0.39, 0.29) is 0 Å². The van der Waals surface area contributed by atoms with Crippen molar-refractivity contribution >= 4 is 39.1 Å². The first-order valence-corrected chi connectivity index (χ1v) is 7.64. The third-order valence-electron chi connectivity index (χ3n) is 3.10. The van der Waals surface area contributed by atoms with Gasteiger partial charge in [-0.05, 0) is 51.8 Å². The van der Waals surface area contributed by atoms with Crippen LogP contribution in [0.4, 0.5) is 0 Å². The summed E-state index contributed by atoms with van der Waals surface area (Å²) in [5.41, 5.74) is 7.95. The van der Waals surface area contributed by atoms with Crippen LogP contribution in [0.5, 0.6) is 11.5 Å². The summed E-state index contributed by atoms with van der Waals surface area (Å²) in [7, 11) is 3.18. The number of rotatable bonds is 4. The van der Waals surface area contributed by atoms with Crippen LogP contribution in [0, 0.1) is 0 Å². The molecule has 112 valence electrons. The van der Waals surface area contributed by atoms with E-state index in [2.05, 4.69) is 15.9 Å². The van der Waals surface area contributed by atoms with E-state index in [0.29, 0.717) is 26.0 Å². The Bertz CT molecular complexity index is 644. The van der Waals surface area contributed by atoms with Crippen molar-refractivity contribution in [2.24, 2.45) is 5.73 Å². The first kappa shape index (κ1) is 16.4. The number of nitrogens with two attached hydrogens (primary N) is 1. The maximum Gasteiger partial charge on any atom is 0.141 e. The van der Waals surface area contributed by atoms with Crippen molar-refractivity contribution in [3.05, 3.63) is 56.0 Å². The van der Waals surface area contributed by atoms with Gasteiger partial charge >= 0.3 is 0 Å². The van der Waals surface area contributed by atoms with Crippen molar-refractivity contribution in [1.82, 2.24) is 0 Å². The summed E-state index contributed by atoms with van der Waals surface area (Å²) in [6.45, 7) is 0. The van der Waals surface area contributed by atoms with Crippen molar-refractivity contribution < 1.29 is 9.47 Å². The van der Waals surface area contributed by atoms with Crippen LogP contribution >= 0.6 is 39.1 Å². The van der Waals surface area contributed by atoms with E-state index in [4.69, 9.17) is 38.4 Å². The third kappa shape index (κ3) is 3.46. The SMILES string of the molecule is COc1ccc(C(N)c2cc(Cl)cc(Cl)c2)c(OC)c1Br. The fourth-order valence-electron chi connectivity index (χ4n) is 2.10. The largest absolute Gasteiger partial charge is 0.495 e. The van der Waals surface area contributed by atoms with Crippen molar-refractivity contribution in [3.8, 4) is 11.5 Å². The molecule has 0 aromatic heterocycles. The molecule has 2 rings (SSSR count). The molecule has 0 amide bonds. The average Bonchev–Trinajstić information content (AvgIpc) is 2.45. The second kappa shape index (κ2) is 6.88. The Balaban J connectivity index is 2.52. The van der Waals surface area contributed by atoms with Crippen LogP contribution < -0.4 is 15.2 Å². The molecule has 0 radical (unpaired) electrons. The van der Waals surface area contributed by atoms with Crippen molar-refractivity contribution in [1.29, 1.82) is 0 Å². The summed E-state index contributed by atoms with van der Waals surface area (Å²) in [6.07, 6.45) is 0. The summed E-state index contributed by atoms with van der Waals surface area (Å²) >= 11 is 15.5. The van der Waals surface area contributed by atoms with Crippen LogP contribution in [0.1, 0.15) is 17.2 Å². The lowest BCUT2D eigenvalue weighted by Gasteiger charge is -2.19. The molecular weight excluding hydrogens is 377 g/mol. The van der Waals surface area contributed by atoms with E-state index in [1.54, 1.807) is 32.4 Å². The molecule has 6 heteroatoms. The Morgan fingerprint density at radius 3 is 2.19 bits per heavy atom. The van der Waals surface area contributed by atoms with E-state index in [1.807, 2.05) is 12.1 Å². The van der Waals surface area contributed by atoms with E-state index in [9.17, 15) is 0 Å². The van der Waals surface area contributed by atoms with E-state index >= 15 is 0 Å². The third-order valence-corrected chi connectivity index (χ3v) is 4.28. The fourth-order valence-corrected chi connectivity index (χ4v) is 3.32. The molecule has 0 bridgehead atoms. The van der Waals surface area contributed by atoms with Gasteiger partial charge in [-0.2, -0.15) is 0 Å². The zero-order valence-electron chi connectivity index (χ0n) is 11.5. The maximum absolute atomic E-state index is 6.33. The Labute approximate surface area is 142 Å². The zero-order valence-corrected chi connectivity index (χ0v) is 14.6. The second-order valence-electron chi connectivity index (χ2n) is 4.38. The summed E-state index contributed by atoms with van der Waals surface area (Å²) in [4.78, 5) is 0.